The molecule has 1 aliphatic heterocycles. The van der Waals surface area contributed by atoms with Gasteiger partial charge in [-0.05, 0) is 20.9 Å². The van der Waals surface area contributed by atoms with Crippen LogP contribution < -0.4 is 10.2 Å². The molecule has 0 aromatic carbocycles. The summed E-state index contributed by atoms with van der Waals surface area (Å²) in [7, 11) is 4.08. The first-order valence-corrected chi connectivity index (χ1v) is 7.08. The van der Waals surface area contributed by atoms with Gasteiger partial charge in [0.05, 0.1) is 6.20 Å². The van der Waals surface area contributed by atoms with Crippen LogP contribution in [0.3, 0.4) is 0 Å². The van der Waals surface area contributed by atoms with Crippen LogP contribution >= 0.6 is 0 Å². The summed E-state index contributed by atoms with van der Waals surface area (Å²) in [6, 6.07) is 1.02. The molecule has 6 heteroatoms. The molecule has 2 atom stereocenters. The number of imidazole rings is 1. The van der Waals surface area contributed by atoms with E-state index in [0.717, 1.165) is 30.4 Å². The van der Waals surface area contributed by atoms with Crippen molar-refractivity contribution >= 4 is 17.3 Å². The molecule has 1 aliphatic rings. The van der Waals surface area contributed by atoms with E-state index in [2.05, 4.69) is 41.0 Å². The van der Waals surface area contributed by atoms with Gasteiger partial charge in [-0.1, -0.05) is 0 Å². The summed E-state index contributed by atoms with van der Waals surface area (Å²) in [5.41, 5.74) is 0.924. The molecule has 3 rings (SSSR count). The van der Waals surface area contributed by atoms with Crippen molar-refractivity contribution in [2.45, 2.75) is 25.9 Å². The van der Waals surface area contributed by atoms with Gasteiger partial charge in [0.2, 0.25) is 0 Å². The van der Waals surface area contributed by atoms with Gasteiger partial charge in [-0.15, -0.1) is 0 Å². The largest absolute Gasteiger partial charge is 0.372 e. The zero-order chi connectivity index (χ0) is 14.3. The molecule has 0 radical (unpaired) electrons. The Bertz CT molecular complexity index is 595. The Hall–Kier alpha value is -1.82. The van der Waals surface area contributed by atoms with Crippen LogP contribution in [0.25, 0.3) is 5.65 Å². The maximum Gasteiger partial charge on any atom is 0.180 e. The topological polar surface area (TPSA) is 48.7 Å². The molecule has 1 N–H and O–H groups in total. The minimum Gasteiger partial charge on any atom is -0.372 e. The van der Waals surface area contributed by atoms with Gasteiger partial charge in [0, 0.05) is 44.6 Å². The summed E-state index contributed by atoms with van der Waals surface area (Å²) in [4.78, 5) is 13.9. The van der Waals surface area contributed by atoms with Crippen LogP contribution in [0.1, 0.15) is 13.8 Å². The Morgan fingerprint density at radius 3 is 2.60 bits per heavy atom. The van der Waals surface area contributed by atoms with Crippen LogP contribution in [-0.4, -0.2) is 58.5 Å². The minimum atomic E-state index is 0.508. The number of hydrogen-bond acceptors (Lipinski definition) is 5. The molecule has 2 aromatic rings. The maximum absolute atomic E-state index is 4.72. The first-order valence-electron chi connectivity index (χ1n) is 7.08. The quantitative estimate of drug-likeness (QED) is 0.894. The van der Waals surface area contributed by atoms with E-state index in [4.69, 9.17) is 4.98 Å². The molecule has 3 heterocycles. The van der Waals surface area contributed by atoms with Crippen molar-refractivity contribution in [3.63, 3.8) is 0 Å². The smallest absolute Gasteiger partial charge is 0.180 e. The van der Waals surface area contributed by atoms with Crippen molar-refractivity contribution in [2.75, 3.05) is 37.4 Å². The van der Waals surface area contributed by atoms with E-state index in [9.17, 15) is 0 Å². The normalized spacial score (nSPS) is 24.3. The molecule has 20 heavy (non-hydrogen) atoms. The second-order valence-corrected chi connectivity index (χ2v) is 5.63. The number of nitrogens with zero attached hydrogens (tertiary/aromatic N) is 5. The van der Waals surface area contributed by atoms with Gasteiger partial charge < -0.3 is 14.6 Å². The summed E-state index contributed by atoms with van der Waals surface area (Å²) < 4.78 is 2.03. The van der Waals surface area contributed by atoms with Gasteiger partial charge in [-0.2, -0.15) is 0 Å². The molecule has 2 aromatic heterocycles. The molecule has 0 saturated carbocycles. The van der Waals surface area contributed by atoms with Gasteiger partial charge in [-0.25, -0.2) is 9.97 Å². The number of anilines is 2. The molecule has 0 amide bonds. The van der Waals surface area contributed by atoms with E-state index in [1.54, 1.807) is 0 Å². The number of nitrogens with one attached hydrogen (secondary N) is 1. The Balaban J connectivity index is 2.02. The fourth-order valence-corrected chi connectivity index (χ4v) is 2.83. The van der Waals surface area contributed by atoms with E-state index in [-0.39, 0.29) is 0 Å². The van der Waals surface area contributed by atoms with E-state index in [0.29, 0.717) is 12.1 Å². The second-order valence-electron chi connectivity index (χ2n) is 5.63. The predicted molar refractivity (Wildman–Crippen MR) is 81.4 cm³/mol. The van der Waals surface area contributed by atoms with Gasteiger partial charge in [0.1, 0.15) is 5.82 Å². The van der Waals surface area contributed by atoms with Gasteiger partial charge in [0.25, 0.3) is 0 Å². The molecule has 0 bridgehead atoms. The lowest BCUT2D eigenvalue weighted by atomic mass is 10.1. The summed E-state index contributed by atoms with van der Waals surface area (Å²) >= 11 is 0. The number of piperazine rings is 1. The maximum atomic E-state index is 4.72. The highest BCUT2D eigenvalue weighted by Crippen LogP contribution is 2.24. The highest BCUT2D eigenvalue weighted by molar-refractivity contribution is 5.67. The van der Waals surface area contributed by atoms with Crippen molar-refractivity contribution in [3.05, 3.63) is 18.6 Å². The summed E-state index contributed by atoms with van der Waals surface area (Å²) in [6.07, 6.45) is 5.75. The van der Waals surface area contributed by atoms with Crippen LogP contribution in [0.5, 0.6) is 0 Å². The fourth-order valence-electron chi connectivity index (χ4n) is 2.83. The van der Waals surface area contributed by atoms with Crippen molar-refractivity contribution in [1.29, 1.82) is 0 Å². The third kappa shape index (κ3) is 2.10. The van der Waals surface area contributed by atoms with Crippen LogP contribution in [0.4, 0.5) is 11.6 Å². The van der Waals surface area contributed by atoms with E-state index in [1.165, 1.54) is 0 Å². The molecule has 0 spiro atoms. The number of hydrogen-bond donors (Lipinski definition) is 1. The predicted octanol–water partition coefficient (Wildman–Crippen LogP) is 1.30. The van der Waals surface area contributed by atoms with Gasteiger partial charge >= 0.3 is 0 Å². The highest BCUT2D eigenvalue weighted by Gasteiger charge is 2.28. The van der Waals surface area contributed by atoms with Crippen molar-refractivity contribution in [3.8, 4) is 0 Å². The third-order valence-electron chi connectivity index (χ3n) is 4.27. The number of likely N-dealkylation sites (N-methyl/N-ethyl adjacent to an activating group) is 1. The minimum absolute atomic E-state index is 0.508. The van der Waals surface area contributed by atoms with E-state index >= 15 is 0 Å². The molecular formula is C14H22N6. The number of fused-ring (bicyclic) bond motifs is 1. The van der Waals surface area contributed by atoms with Crippen LogP contribution in [0.2, 0.25) is 0 Å². The van der Waals surface area contributed by atoms with Crippen molar-refractivity contribution in [1.82, 2.24) is 19.3 Å². The van der Waals surface area contributed by atoms with Crippen molar-refractivity contribution in [2.24, 2.45) is 0 Å². The molecule has 6 nitrogen and oxygen atoms in total. The molecular weight excluding hydrogens is 252 g/mol. The Kier molecular flexibility index (Phi) is 3.25. The highest BCUT2D eigenvalue weighted by atomic mass is 15.3. The van der Waals surface area contributed by atoms with Crippen LogP contribution in [0.15, 0.2) is 18.6 Å². The first kappa shape index (κ1) is 13.2. The molecule has 2 unspecified atom stereocenters. The Morgan fingerprint density at radius 2 is 1.95 bits per heavy atom. The molecule has 0 aliphatic carbocycles. The Morgan fingerprint density at radius 1 is 1.25 bits per heavy atom. The van der Waals surface area contributed by atoms with Crippen LogP contribution in [0, 0.1) is 0 Å². The third-order valence-corrected chi connectivity index (χ3v) is 4.27. The molecule has 1 fully saturated rings. The summed E-state index contributed by atoms with van der Waals surface area (Å²) in [5.74, 6) is 1.83. The van der Waals surface area contributed by atoms with Crippen molar-refractivity contribution < 1.29 is 0 Å². The lowest BCUT2D eigenvalue weighted by Gasteiger charge is -2.42. The zero-order valence-corrected chi connectivity index (χ0v) is 12.5. The summed E-state index contributed by atoms with van der Waals surface area (Å²) in [6.45, 7) is 6.47. The lowest BCUT2D eigenvalue weighted by molar-refractivity contribution is 0.169. The standard InChI is InChI=1S/C14H22N6/c1-10-7-20(8-11(2)18(10)4)14-13-16-5-6-19(13)9-12(15-3)17-14/h5-6,9-11,15H,7-8H2,1-4H3. The average Bonchev–Trinajstić information content (AvgIpc) is 2.91. The summed E-state index contributed by atoms with van der Waals surface area (Å²) in [5, 5.41) is 3.12. The monoisotopic (exact) mass is 274 g/mol. The average molecular weight is 274 g/mol. The second kappa shape index (κ2) is 4.94. The zero-order valence-electron chi connectivity index (χ0n) is 12.5. The lowest BCUT2D eigenvalue weighted by Crippen LogP contribution is -2.55. The first-order chi connectivity index (χ1) is 9.60. The van der Waals surface area contributed by atoms with Gasteiger partial charge in [0.15, 0.2) is 11.5 Å². The number of aromatic nitrogens is 3. The van der Waals surface area contributed by atoms with E-state index in [1.807, 2.05) is 30.0 Å². The fraction of sp³-hybridized carbons (Fsp3) is 0.571. The number of rotatable bonds is 2. The molecule has 108 valence electrons. The SMILES string of the molecule is CNc1cn2ccnc2c(N2CC(C)N(C)C(C)C2)n1. The Labute approximate surface area is 119 Å². The van der Waals surface area contributed by atoms with E-state index < -0.39 is 0 Å². The van der Waals surface area contributed by atoms with Crippen LogP contribution in [-0.2, 0) is 0 Å². The van der Waals surface area contributed by atoms with Gasteiger partial charge in [-0.3, -0.25) is 4.90 Å². The molecule has 1 saturated heterocycles.